The van der Waals surface area contributed by atoms with E-state index >= 15 is 0 Å². The van der Waals surface area contributed by atoms with Crippen LogP contribution in [0.1, 0.15) is 18.5 Å². The van der Waals surface area contributed by atoms with E-state index in [2.05, 4.69) is 28.5 Å². The van der Waals surface area contributed by atoms with Crippen LogP contribution in [0.15, 0.2) is 30.3 Å². The van der Waals surface area contributed by atoms with Crippen molar-refractivity contribution in [2.45, 2.75) is 24.9 Å². The number of piperidine rings is 1. The average Bonchev–Trinajstić information content (AvgIpc) is 2.71. The van der Waals surface area contributed by atoms with Crippen molar-refractivity contribution in [1.82, 2.24) is 10.3 Å². The molecule has 3 nitrogen and oxygen atoms in total. The Morgan fingerprint density at radius 2 is 1.94 bits per heavy atom. The number of aromatic amines is 1. The van der Waals surface area contributed by atoms with Crippen LogP contribution in [0.5, 0.6) is 0 Å². The van der Waals surface area contributed by atoms with E-state index in [-0.39, 0.29) is 0 Å². The number of aliphatic hydroxyl groups is 1. The first-order valence-electron chi connectivity index (χ1n) is 6.25. The zero-order chi connectivity index (χ0) is 11.7. The van der Waals surface area contributed by atoms with Crippen molar-refractivity contribution in [3.05, 3.63) is 36.0 Å². The highest BCUT2D eigenvalue weighted by Gasteiger charge is 2.29. The molecule has 17 heavy (non-hydrogen) atoms. The van der Waals surface area contributed by atoms with E-state index in [0.29, 0.717) is 0 Å². The SMILES string of the molecule is OC1(Cc2cc3ccccc3[nH]2)CCNCC1. The fourth-order valence-corrected chi connectivity index (χ4v) is 2.65. The van der Waals surface area contributed by atoms with Crippen molar-refractivity contribution in [3.8, 4) is 0 Å². The first-order valence-corrected chi connectivity index (χ1v) is 6.25. The third-order valence-electron chi connectivity index (χ3n) is 3.64. The van der Waals surface area contributed by atoms with Gasteiger partial charge in [0.15, 0.2) is 0 Å². The minimum atomic E-state index is -0.536. The molecule has 1 fully saturated rings. The van der Waals surface area contributed by atoms with Crippen LogP contribution in [0.3, 0.4) is 0 Å². The second-order valence-corrected chi connectivity index (χ2v) is 5.03. The van der Waals surface area contributed by atoms with Crippen LogP contribution in [0.4, 0.5) is 0 Å². The van der Waals surface area contributed by atoms with Crippen molar-refractivity contribution in [3.63, 3.8) is 0 Å². The molecule has 0 amide bonds. The summed E-state index contributed by atoms with van der Waals surface area (Å²) < 4.78 is 0. The first kappa shape index (κ1) is 10.8. The lowest BCUT2D eigenvalue weighted by Gasteiger charge is -2.32. The minimum absolute atomic E-state index is 0.536. The number of benzene rings is 1. The van der Waals surface area contributed by atoms with Gasteiger partial charge in [0.05, 0.1) is 5.60 Å². The van der Waals surface area contributed by atoms with Gasteiger partial charge >= 0.3 is 0 Å². The Morgan fingerprint density at radius 1 is 1.18 bits per heavy atom. The fourth-order valence-electron chi connectivity index (χ4n) is 2.65. The third-order valence-corrected chi connectivity index (χ3v) is 3.64. The summed E-state index contributed by atoms with van der Waals surface area (Å²) in [5.41, 5.74) is 1.75. The molecule has 0 unspecified atom stereocenters. The summed E-state index contributed by atoms with van der Waals surface area (Å²) in [4.78, 5) is 3.39. The van der Waals surface area contributed by atoms with Gasteiger partial charge in [-0.15, -0.1) is 0 Å². The highest BCUT2D eigenvalue weighted by molar-refractivity contribution is 5.80. The van der Waals surface area contributed by atoms with Crippen molar-refractivity contribution >= 4 is 10.9 Å². The highest BCUT2D eigenvalue weighted by Crippen LogP contribution is 2.25. The first-order chi connectivity index (χ1) is 8.25. The summed E-state index contributed by atoms with van der Waals surface area (Å²) in [6.45, 7) is 1.83. The molecule has 1 aromatic heterocycles. The Hall–Kier alpha value is -1.32. The van der Waals surface area contributed by atoms with E-state index in [4.69, 9.17) is 0 Å². The number of H-pyrrole nitrogens is 1. The molecular formula is C14H18N2O. The van der Waals surface area contributed by atoms with Crippen LogP contribution in [0.25, 0.3) is 10.9 Å². The lowest BCUT2D eigenvalue weighted by atomic mass is 9.88. The maximum absolute atomic E-state index is 10.5. The number of aromatic nitrogens is 1. The number of hydrogen-bond acceptors (Lipinski definition) is 2. The zero-order valence-electron chi connectivity index (χ0n) is 9.87. The molecule has 0 radical (unpaired) electrons. The van der Waals surface area contributed by atoms with Crippen molar-refractivity contribution < 1.29 is 5.11 Å². The largest absolute Gasteiger partial charge is 0.389 e. The predicted molar refractivity (Wildman–Crippen MR) is 69.1 cm³/mol. The molecule has 0 saturated carbocycles. The quantitative estimate of drug-likeness (QED) is 0.737. The summed E-state index contributed by atoms with van der Waals surface area (Å²) in [6, 6.07) is 10.4. The van der Waals surface area contributed by atoms with Gasteiger partial charge in [-0.25, -0.2) is 0 Å². The van der Waals surface area contributed by atoms with Crippen molar-refractivity contribution in [2.75, 3.05) is 13.1 Å². The molecule has 1 saturated heterocycles. The maximum atomic E-state index is 10.5. The van der Waals surface area contributed by atoms with Crippen LogP contribution in [0, 0.1) is 0 Å². The van der Waals surface area contributed by atoms with Crippen molar-refractivity contribution in [2.24, 2.45) is 0 Å². The molecule has 0 bridgehead atoms. The minimum Gasteiger partial charge on any atom is -0.389 e. The summed E-state index contributed by atoms with van der Waals surface area (Å²) in [5, 5.41) is 15.0. The standard InChI is InChI=1S/C14H18N2O/c17-14(5-7-15-8-6-14)10-12-9-11-3-1-2-4-13(11)16-12/h1-4,9,15-17H,5-8,10H2. The molecule has 0 aliphatic carbocycles. The highest BCUT2D eigenvalue weighted by atomic mass is 16.3. The Kier molecular flexibility index (Phi) is 2.65. The molecule has 1 aromatic carbocycles. The van der Waals surface area contributed by atoms with E-state index < -0.39 is 5.60 Å². The van der Waals surface area contributed by atoms with E-state index in [1.165, 1.54) is 5.39 Å². The Bertz CT molecular complexity index is 479. The van der Waals surface area contributed by atoms with Gasteiger partial charge in [0.25, 0.3) is 0 Å². The lowest BCUT2D eigenvalue weighted by Crippen LogP contribution is -2.43. The van der Waals surface area contributed by atoms with Crippen molar-refractivity contribution in [1.29, 1.82) is 0 Å². The molecule has 2 heterocycles. The van der Waals surface area contributed by atoms with Gasteiger partial charge in [-0.2, -0.15) is 0 Å². The molecule has 0 spiro atoms. The summed E-state index contributed by atoms with van der Waals surface area (Å²) in [6.07, 6.45) is 2.40. The Balaban J connectivity index is 1.84. The normalized spacial score (nSPS) is 19.6. The fraction of sp³-hybridized carbons (Fsp3) is 0.429. The Morgan fingerprint density at radius 3 is 2.71 bits per heavy atom. The molecule has 2 aromatic rings. The Labute approximate surface area is 101 Å². The maximum Gasteiger partial charge on any atom is 0.0726 e. The van der Waals surface area contributed by atoms with Gasteiger partial charge in [-0.05, 0) is 43.5 Å². The van der Waals surface area contributed by atoms with Crippen LogP contribution < -0.4 is 5.32 Å². The van der Waals surface area contributed by atoms with E-state index in [1.807, 2.05) is 12.1 Å². The van der Waals surface area contributed by atoms with E-state index in [9.17, 15) is 5.11 Å². The molecule has 3 rings (SSSR count). The van der Waals surface area contributed by atoms with Gasteiger partial charge in [-0.3, -0.25) is 0 Å². The van der Waals surface area contributed by atoms with Gasteiger partial charge < -0.3 is 15.4 Å². The van der Waals surface area contributed by atoms with E-state index in [0.717, 1.165) is 43.6 Å². The van der Waals surface area contributed by atoms with E-state index in [1.54, 1.807) is 0 Å². The lowest BCUT2D eigenvalue weighted by molar-refractivity contribution is 0.0102. The van der Waals surface area contributed by atoms with Gasteiger partial charge in [0.2, 0.25) is 0 Å². The number of rotatable bonds is 2. The molecule has 1 aliphatic heterocycles. The molecular weight excluding hydrogens is 212 g/mol. The topological polar surface area (TPSA) is 48.0 Å². The predicted octanol–water partition coefficient (Wildman–Crippen LogP) is 1.82. The van der Waals surface area contributed by atoms with Crippen LogP contribution in [-0.4, -0.2) is 28.8 Å². The summed E-state index contributed by atoms with van der Waals surface area (Å²) in [7, 11) is 0. The smallest absolute Gasteiger partial charge is 0.0726 e. The molecule has 90 valence electrons. The monoisotopic (exact) mass is 230 g/mol. The zero-order valence-corrected chi connectivity index (χ0v) is 9.87. The van der Waals surface area contributed by atoms with Gasteiger partial charge in [-0.1, -0.05) is 18.2 Å². The van der Waals surface area contributed by atoms with Crippen LogP contribution >= 0.6 is 0 Å². The summed E-state index contributed by atoms with van der Waals surface area (Å²) in [5.74, 6) is 0. The van der Waals surface area contributed by atoms with Crippen LogP contribution in [0.2, 0.25) is 0 Å². The molecule has 1 aliphatic rings. The van der Waals surface area contributed by atoms with Gasteiger partial charge in [0.1, 0.15) is 0 Å². The average molecular weight is 230 g/mol. The third kappa shape index (κ3) is 2.21. The molecule has 3 heteroatoms. The second kappa shape index (κ2) is 4.17. The number of hydrogen-bond donors (Lipinski definition) is 3. The second-order valence-electron chi connectivity index (χ2n) is 5.03. The molecule has 3 N–H and O–H groups in total. The molecule has 0 atom stereocenters. The number of fused-ring (bicyclic) bond motifs is 1. The number of nitrogens with one attached hydrogen (secondary N) is 2. The summed E-state index contributed by atoms with van der Waals surface area (Å²) >= 11 is 0. The van der Waals surface area contributed by atoms with Crippen LogP contribution in [-0.2, 0) is 6.42 Å². The van der Waals surface area contributed by atoms with Gasteiger partial charge in [0, 0.05) is 17.6 Å². The number of para-hydroxylation sites is 1.